The van der Waals surface area contributed by atoms with Gasteiger partial charge >= 0.3 is 0 Å². The minimum Gasteiger partial charge on any atom is -0.459 e. The van der Waals surface area contributed by atoms with E-state index in [4.69, 9.17) is 4.42 Å². The Morgan fingerprint density at radius 3 is 2.76 bits per heavy atom. The van der Waals surface area contributed by atoms with Gasteiger partial charge in [0.05, 0.1) is 6.54 Å². The highest BCUT2D eigenvalue weighted by Gasteiger charge is 2.12. The van der Waals surface area contributed by atoms with Crippen LogP contribution in [-0.4, -0.2) is 6.04 Å². The molecule has 2 rings (SSSR count). The molecule has 0 unspecified atom stereocenters. The number of fused-ring (bicyclic) bond motifs is 1. The Kier molecular flexibility index (Phi) is 4.09. The Morgan fingerprint density at radius 1 is 1.35 bits per heavy atom. The molecule has 1 aromatic heterocycles. The zero-order valence-electron chi connectivity index (χ0n) is 10.5. The number of halogens is 1. The van der Waals surface area contributed by atoms with E-state index in [-0.39, 0.29) is 0 Å². The lowest BCUT2D eigenvalue weighted by Crippen LogP contribution is -2.22. The third-order valence-electron chi connectivity index (χ3n) is 2.86. The second-order valence-electron chi connectivity index (χ2n) is 4.53. The summed E-state index contributed by atoms with van der Waals surface area (Å²) in [5, 5.41) is 4.68. The molecule has 0 saturated heterocycles. The first-order valence-corrected chi connectivity index (χ1v) is 7.13. The molecule has 0 spiro atoms. The average Bonchev–Trinajstić information content (AvgIpc) is 2.63. The molecule has 0 saturated carbocycles. The van der Waals surface area contributed by atoms with E-state index in [9.17, 15) is 0 Å². The van der Waals surface area contributed by atoms with E-state index in [1.54, 1.807) is 0 Å². The van der Waals surface area contributed by atoms with Crippen LogP contribution in [0.15, 0.2) is 22.6 Å². The summed E-state index contributed by atoms with van der Waals surface area (Å²) in [4.78, 5) is 0. The van der Waals surface area contributed by atoms with Crippen molar-refractivity contribution in [3.05, 3.63) is 33.1 Å². The molecule has 0 radical (unpaired) electrons. The Hall–Kier alpha value is -0.550. The summed E-state index contributed by atoms with van der Waals surface area (Å²) >= 11 is 2.34. The van der Waals surface area contributed by atoms with E-state index in [0.29, 0.717) is 6.04 Å². The molecule has 0 aliphatic rings. The fraction of sp³-hybridized carbons (Fsp3) is 0.429. The molecule has 0 amide bonds. The Balaban J connectivity index is 2.41. The summed E-state index contributed by atoms with van der Waals surface area (Å²) in [6.07, 6.45) is 1.02. The van der Waals surface area contributed by atoms with Gasteiger partial charge in [0, 0.05) is 20.6 Å². The van der Waals surface area contributed by atoms with Gasteiger partial charge < -0.3 is 9.73 Å². The Bertz CT molecular complexity index is 516. The van der Waals surface area contributed by atoms with Crippen LogP contribution in [0.1, 0.15) is 32.1 Å². The summed E-state index contributed by atoms with van der Waals surface area (Å²) in [7, 11) is 0. The minimum atomic E-state index is 0.480. The fourth-order valence-electron chi connectivity index (χ4n) is 2.00. The molecule has 1 N–H and O–H groups in total. The standard InChI is InChI=1S/C14H18INO/c1-4-11-12-7-10(15)5-6-13(12)17-14(11)8-16-9(2)3/h5-7,9,16H,4,8H2,1-3H3. The van der Waals surface area contributed by atoms with Crippen molar-refractivity contribution in [1.29, 1.82) is 0 Å². The maximum atomic E-state index is 5.93. The zero-order valence-corrected chi connectivity index (χ0v) is 12.7. The lowest BCUT2D eigenvalue weighted by molar-refractivity contribution is 0.484. The van der Waals surface area contributed by atoms with Crippen LogP contribution >= 0.6 is 22.6 Å². The molecular formula is C14H18INO. The van der Waals surface area contributed by atoms with Crippen molar-refractivity contribution in [2.45, 2.75) is 39.8 Å². The van der Waals surface area contributed by atoms with Crippen molar-refractivity contribution < 1.29 is 4.42 Å². The van der Waals surface area contributed by atoms with E-state index in [0.717, 1.165) is 24.3 Å². The van der Waals surface area contributed by atoms with Crippen molar-refractivity contribution >= 4 is 33.6 Å². The lowest BCUT2D eigenvalue weighted by atomic mass is 10.1. The topological polar surface area (TPSA) is 25.2 Å². The quantitative estimate of drug-likeness (QED) is 0.846. The normalized spacial score (nSPS) is 11.6. The highest BCUT2D eigenvalue weighted by Crippen LogP contribution is 2.28. The molecule has 2 aromatic rings. The van der Waals surface area contributed by atoms with Gasteiger partial charge in [0.1, 0.15) is 11.3 Å². The molecule has 17 heavy (non-hydrogen) atoms. The van der Waals surface area contributed by atoms with Gasteiger partial charge in [0.25, 0.3) is 0 Å². The van der Waals surface area contributed by atoms with Crippen LogP contribution < -0.4 is 5.32 Å². The van der Waals surface area contributed by atoms with E-state index < -0.39 is 0 Å². The van der Waals surface area contributed by atoms with E-state index in [1.807, 2.05) is 0 Å². The van der Waals surface area contributed by atoms with Crippen molar-refractivity contribution in [1.82, 2.24) is 5.32 Å². The van der Waals surface area contributed by atoms with Crippen LogP contribution in [0, 0.1) is 3.57 Å². The summed E-state index contributed by atoms with van der Waals surface area (Å²) in [5.41, 5.74) is 2.34. The zero-order chi connectivity index (χ0) is 12.4. The number of furan rings is 1. The summed E-state index contributed by atoms with van der Waals surface area (Å²) in [6, 6.07) is 6.84. The van der Waals surface area contributed by atoms with Crippen molar-refractivity contribution in [2.24, 2.45) is 0 Å². The number of rotatable bonds is 4. The predicted octanol–water partition coefficient (Wildman–Crippen LogP) is 4.10. The van der Waals surface area contributed by atoms with Gasteiger partial charge in [0.15, 0.2) is 0 Å². The van der Waals surface area contributed by atoms with Crippen LogP contribution in [0.3, 0.4) is 0 Å². The third-order valence-corrected chi connectivity index (χ3v) is 3.53. The molecule has 1 heterocycles. The molecule has 92 valence electrons. The molecule has 2 nitrogen and oxygen atoms in total. The highest BCUT2D eigenvalue weighted by molar-refractivity contribution is 14.1. The van der Waals surface area contributed by atoms with E-state index in [2.05, 4.69) is 66.9 Å². The molecular weight excluding hydrogens is 325 g/mol. The minimum absolute atomic E-state index is 0.480. The first kappa shape index (κ1) is 12.9. The monoisotopic (exact) mass is 343 g/mol. The smallest absolute Gasteiger partial charge is 0.134 e. The predicted molar refractivity (Wildman–Crippen MR) is 80.3 cm³/mol. The van der Waals surface area contributed by atoms with Crippen LogP contribution in [-0.2, 0) is 13.0 Å². The number of nitrogens with one attached hydrogen (secondary N) is 1. The number of aryl methyl sites for hydroxylation is 1. The number of benzene rings is 1. The van der Waals surface area contributed by atoms with Gasteiger partial charge in [-0.2, -0.15) is 0 Å². The van der Waals surface area contributed by atoms with Crippen molar-refractivity contribution in [3.63, 3.8) is 0 Å². The second-order valence-corrected chi connectivity index (χ2v) is 5.78. The third kappa shape index (κ3) is 2.83. The molecule has 0 fully saturated rings. The second kappa shape index (κ2) is 5.40. The molecule has 0 aliphatic heterocycles. The highest BCUT2D eigenvalue weighted by atomic mass is 127. The van der Waals surface area contributed by atoms with Gasteiger partial charge in [-0.15, -0.1) is 0 Å². The van der Waals surface area contributed by atoms with E-state index in [1.165, 1.54) is 14.5 Å². The summed E-state index contributed by atoms with van der Waals surface area (Å²) in [5.74, 6) is 1.08. The maximum absolute atomic E-state index is 5.93. The van der Waals surface area contributed by atoms with Gasteiger partial charge in [-0.3, -0.25) is 0 Å². The first-order valence-electron chi connectivity index (χ1n) is 6.05. The molecule has 1 aromatic carbocycles. The number of hydrogen-bond donors (Lipinski definition) is 1. The molecule has 3 heteroatoms. The lowest BCUT2D eigenvalue weighted by Gasteiger charge is -2.06. The van der Waals surface area contributed by atoms with Gasteiger partial charge in [0.2, 0.25) is 0 Å². The van der Waals surface area contributed by atoms with Crippen LogP contribution in [0.25, 0.3) is 11.0 Å². The van der Waals surface area contributed by atoms with Gasteiger partial charge in [-0.05, 0) is 47.2 Å². The SMILES string of the molecule is CCc1c(CNC(C)C)oc2ccc(I)cc12. The van der Waals surface area contributed by atoms with Gasteiger partial charge in [-0.1, -0.05) is 20.8 Å². The Labute approximate surface area is 116 Å². The van der Waals surface area contributed by atoms with E-state index >= 15 is 0 Å². The number of hydrogen-bond acceptors (Lipinski definition) is 2. The summed E-state index contributed by atoms with van der Waals surface area (Å²) < 4.78 is 7.19. The fourth-order valence-corrected chi connectivity index (χ4v) is 2.49. The van der Waals surface area contributed by atoms with Crippen LogP contribution in [0.4, 0.5) is 0 Å². The van der Waals surface area contributed by atoms with Crippen molar-refractivity contribution in [2.75, 3.05) is 0 Å². The van der Waals surface area contributed by atoms with Crippen LogP contribution in [0.5, 0.6) is 0 Å². The largest absolute Gasteiger partial charge is 0.459 e. The van der Waals surface area contributed by atoms with Crippen molar-refractivity contribution in [3.8, 4) is 0 Å². The maximum Gasteiger partial charge on any atom is 0.134 e. The van der Waals surface area contributed by atoms with Gasteiger partial charge in [-0.25, -0.2) is 0 Å². The molecule has 0 atom stereocenters. The van der Waals surface area contributed by atoms with Crippen LogP contribution in [0.2, 0.25) is 0 Å². The first-order chi connectivity index (χ1) is 8.11. The Morgan fingerprint density at radius 2 is 2.12 bits per heavy atom. The summed E-state index contributed by atoms with van der Waals surface area (Å²) in [6.45, 7) is 7.30. The molecule has 0 bridgehead atoms. The molecule has 0 aliphatic carbocycles. The average molecular weight is 343 g/mol.